The van der Waals surface area contributed by atoms with Crippen molar-refractivity contribution < 1.29 is 9.18 Å². The van der Waals surface area contributed by atoms with Crippen LogP contribution in [0.3, 0.4) is 0 Å². The number of aromatic amines is 1. The zero-order valence-electron chi connectivity index (χ0n) is 15.0. The first-order chi connectivity index (χ1) is 13.2. The van der Waals surface area contributed by atoms with Gasteiger partial charge in [0.2, 0.25) is 11.9 Å². The van der Waals surface area contributed by atoms with Crippen molar-refractivity contribution >= 4 is 22.8 Å². The van der Waals surface area contributed by atoms with Crippen molar-refractivity contribution in [3.05, 3.63) is 54.2 Å². The van der Waals surface area contributed by atoms with Crippen LogP contribution in [0.15, 0.2) is 42.9 Å². The van der Waals surface area contributed by atoms with E-state index in [-0.39, 0.29) is 17.6 Å². The molecule has 0 radical (unpaired) electrons. The fourth-order valence-corrected chi connectivity index (χ4v) is 3.66. The minimum atomic E-state index is -0.256. The maximum Gasteiger partial charge on any atom is 0.225 e. The molecule has 27 heavy (non-hydrogen) atoms. The molecule has 6 nitrogen and oxygen atoms in total. The number of fused-ring (bicyclic) bond motifs is 1. The summed E-state index contributed by atoms with van der Waals surface area (Å²) in [5.74, 6) is 0.440. The van der Waals surface area contributed by atoms with Crippen molar-refractivity contribution in [1.29, 1.82) is 0 Å². The number of nitrogens with one attached hydrogen (secondary N) is 2. The van der Waals surface area contributed by atoms with Crippen LogP contribution in [-0.4, -0.2) is 40.5 Å². The van der Waals surface area contributed by atoms with Crippen LogP contribution in [0, 0.1) is 11.7 Å². The van der Waals surface area contributed by atoms with E-state index < -0.39 is 0 Å². The smallest absolute Gasteiger partial charge is 0.225 e. The number of carbonyl (C=O) groups is 1. The van der Waals surface area contributed by atoms with Crippen LogP contribution >= 0.6 is 0 Å². The van der Waals surface area contributed by atoms with Gasteiger partial charge >= 0.3 is 0 Å². The summed E-state index contributed by atoms with van der Waals surface area (Å²) in [6.45, 7) is 2.07. The van der Waals surface area contributed by atoms with E-state index in [4.69, 9.17) is 0 Å². The Bertz CT molecular complexity index is 927. The second kappa shape index (κ2) is 7.73. The number of aromatic nitrogens is 3. The highest BCUT2D eigenvalue weighted by Crippen LogP contribution is 2.21. The van der Waals surface area contributed by atoms with Gasteiger partial charge in [-0.3, -0.25) is 4.79 Å². The highest BCUT2D eigenvalue weighted by molar-refractivity contribution is 5.83. The van der Waals surface area contributed by atoms with Gasteiger partial charge in [0.15, 0.2) is 0 Å². The molecule has 1 aliphatic heterocycles. The number of carbonyl (C=O) groups excluding carboxylic acids is 1. The Kier molecular flexibility index (Phi) is 5.00. The van der Waals surface area contributed by atoms with Gasteiger partial charge < -0.3 is 15.2 Å². The van der Waals surface area contributed by atoms with Crippen molar-refractivity contribution in [2.45, 2.75) is 19.3 Å². The Morgan fingerprint density at radius 2 is 2.19 bits per heavy atom. The number of piperidine rings is 1. The summed E-state index contributed by atoms with van der Waals surface area (Å²) >= 11 is 0. The van der Waals surface area contributed by atoms with Crippen molar-refractivity contribution in [2.75, 3.05) is 24.5 Å². The lowest BCUT2D eigenvalue weighted by Crippen LogP contribution is -2.44. The fraction of sp³-hybridized carbons (Fsp3) is 0.350. The van der Waals surface area contributed by atoms with Crippen LogP contribution in [0.5, 0.6) is 0 Å². The van der Waals surface area contributed by atoms with Crippen molar-refractivity contribution in [3.63, 3.8) is 0 Å². The van der Waals surface area contributed by atoms with Crippen LogP contribution in [-0.2, 0) is 11.2 Å². The number of hydrogen-bond donors (Lipinski definition) is 2. The van der Waals surface area contributed by atoms with E-state index in [0.717, 1.165) is 35.9 Å². The predicted molar refractivity (Wildman–Crippen MR) is 102 cm³/mol. The summed E-state index contributed by atoms with van der Waals surface area (Å²) < 4.78 is 13.3. The molecule has 0 saturated carbocycles. The molecule has 2 aromatic heterocycles. The number of benzene rings is 1. The molecule has 3 heterocycles. The molecule has 0 unspecified atom stereocenters. The van der Waals surface area contributed by atoms with Crippen molar-refractivity contribution in [1.82, 2.24) is 20.3 Å². The molecule has 1 amide bonds. The van der Waals surface area contributed by atoms with E-state index in [1.165, 1.54) is 12.1 Å². The summed E-state index contributed by atoms with van der Waals surface area (Å²) in [6, 6.07) is 6.51. The molecular weight excluding hydrogens is 345 g/mol. The summed E-state index contributed by atoms with van der Waals surface area (Å²) in [6.07, 6.45) is 7.85. The maximum absolute atomic E-state index is 13.3. The lowest BCUT2D eigenvalue weighted by molar-refractivity contribution is -0.125. The summed E-state index contributed by atoms with van der Waals surface area (Å²) in [5, 5.41) is 4.04. The summed E-state index contributed by atoms with van der Waals surface area (Å²) in [7, 11) is 0. The number of hydrogen-bond acceptors (Lipinski definition) is 4. The van der Waals surface area contributed by atoms with E-state index in [1.807, 2.05) is 6.20 Å². The molecule has 3 aromatic rings. The van der Waals surface area contributed by atoms with Crippen molar-refractivity contribution in [3.8, 4) is 0 Å². The lowest BCUT2D eigenvalue weighted by atomic mass is 9.97. The van der Waals surface area contributed by atoms with Gasteiger partial charge in [0.05, 0.1) is 5.92 Å². The largest absolute Gasteiger partial charge is 0.361 e. The summed E-state index contributed by atoms with van der Waals surface area (Å²) in [5.41, 5.74) is 1.86. The van der Waals surface area contributed by atoms with Gasteiger partial charge in [0, 0.05) is 49.1 Å². The molecule has 0 spiro atoms. The third kappa shape index (κ3) is 3.92. The number of H-pyrrole nitrogens is 1. The van der Waals surface area contributed by atoms with Gasteiger partial charge in [-0.25, -0.2) is 14.4 Å². The first-order valence-electron chi connectivity index (χ1n) is 9.26. The molecule has 1 aliphatic rings. The zero-order chi connectivity index (χ0) is 18.6. The minimum absolute atomic E-state index is 0.0559. The topological polar surface area (TPSA) is 73.9 Å². The highest BCUT2D eigenvalue weighted by Gasteiger charge is 2.26. The quantitative estimate of drug-likeness (QED) is 0.727. The predicted octanol–water partition coefficient (Wildman–Crippen LogP) is 2.67. The van der Waals surface area contributed by atoms with Crippen LogP contribution in [0.2, 0.25) is 0 Å². The van der Waals surface area contributed by atoms with Crippen LogP contribution in [0.25, 0.3) is 10.9 Å². The molecule has 4 rings (SSSR count). The lowest BCUT2D eigenvalue weighted by Gasteiger charge is -2.31. The molecule has 2 N–H and O–H groups in total. The number of anilines is 1. The number of amides is 1. The average molecular weight is 367 g/mol. The molecule has 1 fully saturated rings. The Morgan fingerprint density at radius 3 is 3.04 bits per heavy atom. The second-order valence-electron chi connectivity index (χ2n) is 6.88. The Hall–Kier alpha value is -2.96. The number of halogens is 1. The first kappa shape index (κ1) is 17.5. The van der Waals surface area contributed by atoms with Crippen molar-refractivity contribution in [2.24, 2.45) is 5.92 Å². The number of nitrogens with zero attached hydrogens (tertiary/aromatic N) is 3. The molecule has 7 heteroatoms. The van der Waals surface area contributed by atoms with E-state index in [9.17, 15) is 9.18 Å². The summed E-state index contributed by atoms with van der Waals surface area (Å²) in [4.78, 5) is 26.3. The normalized spacial score (nSPS) is 17.2. The Balaban J connectivity index is 1.32. The molecule has 0 aliphatic carbocycles. The van der Waals surface area contributed by atoms with E-state index >= 15 is 0 Å². The van der Waals surface area contributed by atoms with Gasteiger partial charge in [-0.2, -0.15) is 0 Å². The SMILES string of the molecule is O=C(NCCc1c[nH]c2cc(F)ccc12)[C@@H]1CCCN(c2ncccn2)C1. The molecule has 1 atom stereocenters. The number of rotatable bonds is 5. The van der Waals surface area contributed by atoms with E-state index in [2.05, 4.69) is 25.2 Å². The molecular formula is C20H22FN5O. The van der Waals surface area contributed by atoms with Gasteiger partial charge in [-0.05, 0) is 49.1 Å². The third-order valence-electron chi connectivity index (χ3n) is 5.05. The van der Waals surface area contributed by atoms with Gasteiger partial charge in [-0.1, -0.05) is 0 Å². The highest BCUT2D eigenvalue weighted by atomic mass is 19.1. The minimum Gasteiger partial charge on any atom is -0.361 e. The van der Waals surface area contributed by atoms with Gasteiger partial charge in [0.25, 0.3) is 0 Å². The zero-order valence-corrected chi connectivity index (χ0v) is 15.0. The van der Waals surface area contributed by atoms with Crippen LogP contribution in [0.4, 0.5) is 10.3 Å². The Labute approximate surface area is 156 Å². The first-order valence-corrected chi connectivity index (χ1v) is 9.26. The average Bonchev–Trinajstić information content (AvgIpc) is 3.10. The Morgan fingerprint density at radius 1 is 1.33 bits per heavy atom. The van der Waals surface area contributed by atoms with Gasteiger partial charge in [-0.15, -0.1) is 0 Å². The fourth-order valence-electron chi connectivity index (χ4n) is 3.66. The van der Waals surface area contributed by atoms with E-state index in [0.29, 0.717) is 25.5 Å². The van der Waals surface area contributed by atoms with Gasteiger partial charge in [0.1, 0.15) is 5.82 Å². The van der Waals surface area contributed by atoms with Crippen LogP contribution < -0.4 is 10.2 Å². The molecule has 1 saturated heterocycles. The molecule has 1 aromatic carbocycles. The molecule has 0 bridgehead atoms. The third-order valence-corrected chi connectivity index (χ3v) is 5.05. The monoisotopic (exact) mass is 367 g/mol. The van der Waals surface area contributed by atoms with Crippen LogP contribution in [0.1, 0.15) is 18.4 Å². The standard InChI is InChI=1S/C20H22FN5O/c21-16-4-5-17-14(12-25-18(17)11-16)6-9-22-19(27)15-3-1-10-26(13-15)20-23-7-2-8-24-20/h2,4-5,7-8,11-12,15,25H,1,3,6,9-10,13H2,(H,22,27)/t15-/m1/s1. The maximum atomic E-state index is 13.3. The van der Waals surface area contributed by atoms with E-state index in [1.54, 1.807) is 24.5 Å². The molecule has 140 valence electrons. The second-order valence-corrected chi connectivity index (χ2v) is 6.88.